The molecule has 1 aliphatic heterocycles. The van der Waals surface area contributed by atoms with Gasteiger partial charge in [0.15, 0.2) is 0 Å². The lowest BCUT2D eigenvalue weighted by Crippen LogP contribution is -2.47. The third kappa shape index (κ3) is 3.04. The number of rotatable bonds is 2. The van der Waals surface area contributed by atoms with E-state index in [1.165, 1.54) is 4.74 Å². The van der Waals surface area contributed by atoms with Gasteiger partial charge in [-0.1, -0.05) is 35.6 Å². The molecule has 1 heterocycles. The largest absolute Gasteiger partial charge is 0.298 e. The smallest absolute Gasteiger partial charge is 0.292 e. The van der Waals surface area contributed by atoms with Crippen molar-refractivity contribution < 1.29 is 9.95 Å². The van der Waals surface area contributed by atoms with E-state index in [2.05, 4.69) is 13.8 Å². The van der Waals surface area contributed by atoms with Crippen molar-refractivity contribution in [3.05, 3.63) is 34.9 Å². The highest BCUT2D eigenvalue weighted by Crippen LogP contribution is 2.40. The first-order valence-corrected chi connectivity index (χ1v) is 7.45. The van der Waals surface area contributed by atoms with Crippen LogP contribution in [-0.2, 0) is 0 Å². The van der Waals surface area contributed by atoms with Gasteiger partial charge in [-0.2, -0.15) is 0 Å². The number of thiocarbonyl (C=S) groups is 1. The number of hydrogen-bond acceptors (Lipinski definition) is 3. The van der Waals surface area contributed by atoms with Crippen LogP contribution in [-0.4, -0.2) is 43.3 Å². The second-order valence-electron chi connectivity index (χ2n) is 5.02. The van der Waals surface area contributed by atoms with Gasteiger partial charge in [0.2, 0.25) is 6.21 Å². The Balaban J connectivity index is 2.30. The standard InChI is InChI=1S/C13H16ClN2OS2/c1-13(2)11(15(3)12(18)19-13)16(17)8-9-4-6-10(14)7-5-9/h4-8,11,17H,1-3H3/q+1. The average molecular weight is 316 g/mol. The number of hydrogen-bond donors (Lipinski definition) is 1. The molecule has 0 radical (unpaired) electrons. The Bertz CT molecular complexity index is 528. The summed E-state index contributed by atoms with van der Waals surface area (Å²) >= 11 is 12.7. The topological polar surface area (TPSA) is 26.5 Å². The summed E-state index contributed by atoms with van der Waals surface area (Å²) in [5.41, 5.74) is 0.888. The molecule has 1 aromatic carbocycles. The molecule has 0 amide bonds. The van der Waals surface area contributed by atoms with Gasteiger partial charge in [-0.05, 0) is 42.9 Å². The Morgan fingerprint density at radius 1 is 1.42 bits per heavy atom. The fourth-order valence-corrected chi connectivity index (χ4v) is 4.12. The minimum atomic E-state index is -0.194. The molecular formula is C13H16ClN2OS2+. The first-order valence-electron chi connectivity index (χ1n) is 5.85. The van der Waals surface area contributed by atoms with E-state index in [0.717, 1.165) is 9.88 Å². The molecule has 0 bridgehead atoms. The molecule has 1 N–H and O–H groups in total. The van der Waals surface area contributed by atoms with Crippen LogP contribution in [0, 0.1) is 0 Å². The SMILES string of the molecule is CN1C(=S)SC(C)(C)C1[N+](O)=Cc1ccc(Cl)cc1. The van der Waals surface area contributed by atoms with E-state index >= 15 is 0 Å². The molecule has 0 aliphatic carbocycles. The maximum atomic E-state index is 10.3. The van der Waals surface area contributed by atoms with Crippen LogP contribution in [0.3, 0.4) is 0 Å². The maximum Gasteiger partial charge on any atom is 0.292 e. The van der Waals surface area contributed by atoms with Crippen LogP contribution in [0.15, 0.2) is 24.3 Å². The Kier molecular flexibility index (Phi) is 4.08. The zero-order valence-electron chi connectivity index (χ0n) is 11.0. The van der Waals surface area contributed by atoms with Crippen molar-refractivity contribution in [2.45, 2.75) is 24.8 Å². The van der Waals surface area contributed by atoms with E-state index in [0.29, 0.717) is 5.02 Å². The van der Waals surface area contributed by atoms with Crippen LogP contribution in [0.5, 0.6) is 0 Å². The van der Waals surface area contributed by atoms with Gasteiger partial charge in [0.1, 0.15) is 9.07 Å². The normalized spacial score (nSPS) is 22.9. The zero-order chi connectivity index (χ0) is 14.2. The minimum Gasteiger partial charge on any atom is -0.298 e. The number of nitrogens with zero attached hydrogens (tertiary/aromatic N) is 2. The summed E-state index contributed by atoms with van der Waals surface area (Å²) < 4.78 is 1.83. The van der Waals surface area contributed by atoms with Crippen molar-refractivity contribution in [1.29, 1.82) is 0 Å². The predicted octanol–water partition coefficient (Wildman–Crippen LogP) is 3.23. The molecule has 1 unspecified atom stereocenters. The first kappa shape index (κ1) is 14.6. The van der Waals surface area contributed by atoms with Crippen molar-refractivity contribution in [3.63, 3.8) is 0 Å². The Morgan fingerprint density at radius 3 is 2.47 bits per heavy atom. The van der Waals surface area contributed by atoms with Gasteiger partial charge >= 0.3 is 0 Å². The lowest BCUT2D eigenvalue weighted by molar-refractivity contribution is -0.807. The molecule has 1 saturated heterocycles. The molecule has 1 fully saturated rings. The average Bonchev–Trinajstić information content (AvgIpc) is 2.51. The van der Waals surface area contributed by atoms with Crippen LogP contribution < -0.4 is 0 Å². The molecule has 0 spiro atoms. The van der Waals surface area contributed by atoms with E-state index in [9.17, 15) is 5.21 Å². The summed E-state index contributed by atoms with van der Waals surface area (Å²) in [7, 11) is 1.90. The van der Waals surface area contributed by atoms with Crippen LogP contribution in [0.2, 0.25) is 5.02 Å². The van der Waals surface area contributed by atoms with Crippen molar-refractivity contribution in [3.8, 4) is 0 Å². The molecule has 1 atom stereocenters. The summed E-state index contributed by atoms with van der Waals surface area (Å²) in [5.74, 6) is 0. The van der Waals surface area contributed by atoms with Crippen LogP contribution in [0.25, 0.3) is 0 Å². The number of hydroxylamine groups is 1. The fraction of sp³-hybridized carbons (Fsp3) is 0.385. The van der Waals surface area contributed by atoms with E-state index in [-0.39, 0.29) is 10.9 Å². The Labute approximate surface area is 127 Å². The van der Waals surface area contributed by atoms with Gasteiger partial charge in [-0.25, -0.2) is 0 Å². The predicted molar refractivity (Wildman–Crippen MR) is 84.5 cm³/mol. The van der Waals surface area contributed by atoms with Crippen LogP contribution in [0.1, 0.15) is 19.4 Å². The van der Waals surface area contributed by atoms with Crippen LogP contribution in [0.4, 0.5) is 0 Å². The van der Waals surface area contributed by atoms with E-state index in [4.69, 9.17) is 23.8 Å². The maximum absolute atomic E-state index is 10.3. The van der Waals surface area contributed by atoms with Gasteiger partial charge in [0, 0.05) is 17.6 Å². The molecule has 1 aromatic rings. The number of benzene rings is 1. The quantitative estimate of drug-likeness (QED) is 0.298. The Hall–Kier alpha value is -0.780. The third-order valence-corrected chi connectivity index (χ3v) is 5.02. The number of thioether (sulfide) groups is 1. The van der Waals surface area contributed by atoms with Crippen molar-refractivity contribution in [2.24, 2.45) is 0 Å². The van der Waals surface area contributed by atoms with Crippen molar-refractivity contribution in [1.82, 2.24) is 4.90 Å². The molecule has 19 heavy (non-hydrogen) atoms. The summed E-state index contributed by atoms with van der Waals surface area (Å²) in [5, 5.41) is 11.0. The second kappa shape index (κ2) is 5.31. The van der Waals surface area contributed by atoms with Gasteiger partial charge in [0.05, 0.1) is 0 Å². The van der Waals surface area contributed by atoms with Gasteiger partial charge in [-0.15, -0.1) is 0 Å². The summed E-state index contributed by atoms with van der Waals surface area (Å²) in [4.78, 5) is 1.91. The molecule has 1 aliphatic rings. The summed E-state index contributed by atoms with van der Waals surface area (Å²) in [6.45, 7) is 4.13. The lowest BCUT2D eigenvalue weighted by Gasteiger charge is -2.21. The van der Waals surface area contributed by atoms with Crippen LogP contribution >= 0.6 is 35.6 Å². The zero-order valence-corrected chi connectivity index (χ0v) is 13.4. The highest BCUT2D eigenvalue weighted by molar-refractivity contribution is 8.24. The molecule has 2 rings (SSSR count). The van der Waals surface area contributed by atoms with E-state index in [1.807, 2.05) is 24.1 Å². The van der Waals surface area contributed by atoms with Crippen molar-refractivity contribution in [2.75, 3.05) is 7.05 Å². The number of halogens is 1. The van der Waals surface area contributed by atoms with Gasteiger partial charge < -0.3 is 0 Å². The molecule has 0 saturated carbocycles. The summed E-state index contributed by atoms with van der Waals surface area (Å²) in [6, 6.07) is 7.31. The van der Waals surface area contributed by atoms with Gasteiger partial charge in [-0.3, -0.25) is 10.1 Å². The molecule has 102 valence electrons. The Morgan fingerprint density at radius 2 is 2.00 bits per heavy atom. The highest BCUT2D eigenvalue weighted by atomic mass is 35.5. The monoisotopic (exact) mass is 315 g/mol. The van der Waals surface area contributed by atoms with E-state index in [1.54, 1.807) is 30.1 Å². The van der Waals surface area contributed by atoms with E-state index < -0.39 is 0 Å². The summed E-state index contributed by atoms with van der Waals surface area (Å²) in [6.07, 6.45) is 1.49. The molecule has 6 heteroatoms. The third-order valence-electron chi connectivity index (χ3n) is 3.03. The van der Waals surface area contributed by atoms with Gasteiger partial charge in [0.25, 0.3) is 6.17 Å². The lowest BCUT2D eigenvalue weighted by atomic mass is 10.1. The van der Waals surface area contributed by atoms with Crippen molar-refractivity contribution >= 4 is 46.1 Å². The highest BCUT2D eigenvalue weighted by Gasteiger charge is 2.51. The molecular weight excluding hydrogens is 300 g/mol. The first-order chi connectivity index (χ1) is 8.81. The molecule has 3 nitrogen and oxygen atoms in total. The fourth-order valence-electron chi connectivity index (χ4n) is 2.18. The minimum absolute atomic E-state index is 0.177. The molecule has 0 aromatic heterocycles. The second-order valence-corrected chi connectivity index (χ2v) is 7.74.